The van der Waals surface area contributed by atoms with E-state index in [4.69, 9.17) is 17.3 Å². The van der Waals surface area contributed by atoms with Crippen LogP contribution in [0, 0.1) is 13.8 Å². The topological polar surface area (TPSA) is 26.0 Å². The first-order valence-electron chi connectivity index (χ1n) is 4.04. The van der Waals surface area contributed by atoms with Gasteiger partial charge in [0.2, 0.25) is 0 Å². The largest absolute Gasteiger partial charge is 0.324 e. The van der Waals surface area contributed by atoms with E-state index in [0.29, 0.717) is 0 Å². The highest BCUT2D eigenvalue weighted by atomic mass is 35.5. The average Bonchev–Trinajstić information content (AvgIpc) is 1.96. The maximum atomic E-state index is 6.01. The molecule has 0 bridgehead atoms. The van der Waals surface area contributed by atoms with Gasteiger partial charge in [0, 0.05) is 11.1 Å². The maximum absolute atomic E-state index is 6.01. The molecule has 0 spiro atoms. The van der Waals surface area contributed by atoms with E-state index in [1.165, 1.54) is 0 Å². The van der Waals surface area contributed by atoms with E-state index in [2.05, 4.69) is 6.07 Å². The molecule has 0 saturated carbocycles. The summed E-state index contributed by atoms with van der Waals surface area (Å²) in [4.78, 5) is 0. The van der Waals surface area contributed by atoms with Gasteiger partial charge in [0.15, 0.2) is 0 Å². The van der Waals surface area contributed by atoms with Crippen LogP contribution in [0.25, 0.3) is 0 Å². The van der Waals surface area contributed by atoms with Gasteiger partial charge in [-0.25, -0.2) is 0 Å². The van der Waals surface area contributed by atoms with Crippen LogP contribution in [0.5, 0.6) is 0 Å². The minimum Gasteiger partial charge on any atom is -0.324 e. The van der Waals surface area contributed by atoms with Gasteiger partial charge in [0.1, 0.15) is 0 Å². The van der Waals surface area contributed by atoms with Gasteiger partial charge in [-0.2, -0.15) is 0 Å². The minimum absolute atomic E-state index is 0.0578. The van der Waals surface area contributed by atoms with Crippen molar-refractivity contribution in [2.45, 2.75) is 26.8 Å². The predicted molar refractivity (Wildman–Crippen MR) is 53.5 cm³/mol. The second-order valence-corrected chi connectivity index (χ2v) is 3.66. The number of hydrogen-bond donors (Lipinski definition) is 1. The van der Waals surface area contributed by atoms with Gasteiger partial charge >= 0.3 is 0 Å². The number of rotatable bonds is 1. The highest BCUT2D eigenvalue weighted by molar-refractivity contribution is 6.31. The fourth-order valence-corrected chi connectivity index (χ4v) is 1.60. The molecule has 0 aliphatic carbocycles. The molecule has 0 aliphatic rings. The van der Waals surface area contributed by atoms with Crippen LogP contribution >= 0.6 is 11.6 Å². The summed E-state index contributed by atoms with van der Waals surface area (Å²) in [6.07, 6.45) is 0. The molecule has 1 aromatic carbocycles. The molecule has 1 aromatic rings. The fraction of sp³-hybridized carbons (Fsp3) is 0.400. The van der Waals surface area contributed by atoms with Crippen molar-refractivity contribution in [3.05, 3.63) is 33.8 Å². The van der Waals surface area contributed by atoms with E-state index in [9.17, 15) is 0 Å². The van der Waals surface area contributed by atoms with Gasteiger partial charge in [-0.1, -0.05) is 17.7 Å². The molecule has 1 rings (SSSR count). The number of aryl methyl sites for hydroxylation is 1. The molecule has 0 radical (unpaired) electrons. The highest BCUT2D eigenvalue weighted by Crippen LogP contribution is 2.24. The molecule has 0 fully saturated rings. The molecule has 2 heteroatoms. The van der Waals surface area contributed by atoms with Crippen LogP contribution in [0.4, 0.5) is 0 Å². The van der Waals surface area contributed by atoms with Gasteiger partial charge in [-0.15, -0.1) is 0 Å². The van der Waals surface area contributed by atoms with Gasteiger partial charge in [-0.3, -0.25) is 0 Å². The Morgan fingerprint density at radius 1 is 1.33 bits per heavy atom. The minimum atomic E-state index is 0.0578. The van der Waals surface area contributed by atoms with E-state index in [1.54, 1.807) is 0 Å². The lowest BCUT2D eigenvalue weighted by atomic mass is 10.0. The Morgan fingerprint density at radius 3 is 2.42 bits per heavy atom. The summed E-state index contributed by atoms with van der Waals surface area (Å²) in [6.45, 7) is 6.00. The molecule has 0 aliphatic heterocycles. The molecular formula is C10H14ClN. The first-order chi connectivity index (χ1) is 5.52. The first kappa shape index (κ1) is 9.56. The third kappa shape index (κ3) is 1.79. The Hall–Kier alpha value is -0.530. The van der Waals surface area contributed by atoms with Crippen molar-refractivity contribution in [1.29, 1.82) is 0 Å². The summed E-state index contributed by atoms with van der Waals surface area (Å²) < 4.78 is 0. The Morgan fingerprint density at radius 2 is 1.92 bits per heavy atom. The van der Waals surface area contributed by atoms with Crippen LogP contribution in [0.3, 0.4) is 0 Å². The zero-order valence-corrected chi connectivity index (χ0v) is 8.44. The lowest BCUT2D eigenvalue weighted by Crippen LogP contribution is -2.07. The summed E-state index contributed by atoms with van der Waals surface area (Å²) in [7, 11) is 0. The van der Waals surface area contributed by atoms with Crippen molar-refractivity contribution in [3.8, 4) is 0 Å². The van der Waals surface area contributed by atoms with E-state index in [-0.39, 0.29) is 6.04 Å². The van der Waals surface area contributed by atoms with Crippen LogP contribution in [-0.4, -0.2) is 0 Å². The van der Waals surface area contributed by atoms with Crippen molar-refractivity contribution in [1.82, 2.24) is 0 Å². The SMILES string of the molecule is Cc1cc(Cl)c(C)c(C(C)N)c1. The Balaban J connectivity index is 3.28. The molecule has 1 unspecified atom stereocenters. The summed E-state index contributed by atoms with van der Waals surface area (Å²) in [5.74, 6) is 0. The van der Waals surface area contributed by atoms with Crippen molar-refractivity contribution < 1.29 is 0 Å². The molecule has 66 valence electrons. The monoisotopic (exact) mass is 183 g/mol. The van der Waals surface area contributed by atoms with Crippen LogP contribution in [0.1, 0.15) is 29.7 Å². The van der Waals surface area contributed by atoms with E-state index in [1.807, 2.05) is 26.8 Å². The number of benzene rings is 1. The Bertz CT molecular complexity index is 292. The van der Waals surface area contributed by atoms with Crippen LogP contribution in [-0.2, 0) is 0 Å². The van der Waals surface area contributed by atoms with E-state index in [0.717, 1.165) is 21.7 Å². The summed E-state index contributed by atoms with van der Waals surface area (Å²) in [5, 5.41) is 0.808. The van der Waals surface area contributed by atoms with Crippen LogP contribution < -0.4 is 5.73 Å². The number of halogens is 1. The third-order valence-electron chi connectivity index (χ3n) is 2.02. The Kier molecular flexibility index (Phi) is 2.76. The molecule has 2 N–H and O–H groups in total. The van der Waals surface area contributed by atoms with Crippen LogP contribution in [0.15, 0.2) is 12.1 Å². The number of nitrogens with two attached hydrogens (primary N) is 1. The highest BCUT2D eigenvalue weighted by Gasteiger charge is 2.06. The normalized spacial score (nSPS) is 13.1. The van der Waals surface area contributed by atoms with Crippen molar-refractivity contribution in [2.24, 2.45) is 5.73 Å². The molecule has 0 amide bonds. The zero-order valence-electron chi connectivity index (χ0n) is 7.69. The Labute approximate surface area is 78.5 Å². The number of hydrogen-bond acceptors (Lipinski definition) is 1. The molecule has 0 saturated heterocycles. The quantitative estimate of drug-likeness (QED) is 0.712. The summed E-state index contributed by atoms with van der Waals surface area (Å²) in [5.41, 5.74) is 9.19. The second-order valence-electron chi connectivity index (χ2n) is 3.25. The molecule has 0 aromatic heterocycles. The van der Waals surface area contributed by atoms with Gasteiger partial charge in [-0.05, 0) is 43.5 Å². The molecule has 12 heavy (non-hydrogen) atoms. The first-order valence-corrected chi connectivity index (χ1v) is 4.42. The lowest BCUT2D eigenvalue weighted by Gasteiger charge is -2.12. The van der Waals surface area contributed by atoms with Crippen molar-refractivity contribution in [2.75, 3.05) is 0 Å². The van der Waals surface area contributed by atoms with E-state index < -0.39 is 0 Å². The standard InChI is InChI=1S/C10H14ClN/c1-6-4-9(8(3)12)7(2)10(11)5-6/h4-5,8H,12H2,1-3H3. The predicted octanol–water partition coefficient (Wildman–Crippen LogP) is 2.98. The molecule has 1 atom stereocenters. The van der Waals surface area contributed by atoms with E-state index >= 15 is 0 Å². The van der Waals surface area contributed by atoms with Gasteiger partial charge in [0.05, 0.1) is 0 Å². The van der Waals surface area contributed by atoms with Crippen LogP contribution in [0.2, 0.25) is 5.02 Å². The van der Waals surface area contributed by atoms with Crippen molar-refractivity contribution in [3.63, 3.8) is 0 Å². The summed E-state index contributed by atoms with van der Waals surface area (Å²) >= 11 is 6.01. The summed E-state index contributed by atoms with van der Waals surface area (Å²) in [6, 6.07) is 4.11. The lowest BCUT2D eigenvalue weighted by molar-refractivity contribution is 0.808. The second kappa shape index (κ2) is 3.46. The van der Waals surface area contributed by atoms with Crippen molar-refractivity contribution >= 4 is 11.6 Å². The van der Waals surface area contributed by atoms with Gasteiger partial charge in [0.25, 0.3) is 0 Å². The molecular weight excluding hydrogens is 170 g/mol. The molecule has 1 nitrogen and oxygen atoms in total. The fourth-order valence-electron chi connectivity index (χ4n) is 1.31. The molecule has 0 heterocycles. The van der Waals surface area contributed by atoms with Gasteiger partial charge < -0.3 is 5.73 Å². The smallest absolute Gasteiger partial charge is 0.0441 e. The average molecular weight is 184 g/mol. The zero-order chi connectivity index (χ0) is 9.30. The third-order valence-corrected chi connectivity index (χ3v) is 2.41. The maximum Gasteiger partial charge on any atom is 0.0441 e.